The first kappa shape index (κ1) is 22.3. The van der Waals surface area contributed by atoms with E-state index >= 15 is 0 Å². The molecule has 4 heterocycles. The largest absolute Gasteiger partial charge is 0.465 e. The maximum Gasteiger partial charge on any atom is 0.130 e. The number of aliphatic hydroxyl groups excluding tert-OH is 1. The van der Waals surface area contributed by atoms with Crippen LogP contribution in [0.15, 0.2) is 54.7 Å². The van der Waals surface area contributed by atoms with Crippen molar-refractivity contribution < 1.29 is 9.50 Å². The minimum Gasteiger partial charge on any atom is -0.465 e. The quantitative estimate of drug-likeness (QED) is 0.436. The van der Waals surface area contributed by atoms with Crippen molar-refractivity contribution in [3.63, 3.8) is 0 Å². The Bertz CT molecular complexity index is 1180. The topological polar surface area (TPSA) is 90.6 Å². The van der Waals surface area contributed by atoms with Gasteiger partial charge in [-0.15, -0.1) is 0 Å². The van der Waals surface area contributed by atoms with Crippen molar-refractivity contribution in [1.82, 2.24) is 19.9 Å². The molecule has 0 amide bonds. The number of anilines is 1. The lowest BCUT2D eigenvalue weighted by Crippen LogP contribution is -2.36. The van der Waals surface area contributed by atoms with Gasteiger partial charge in [0.2, 0.25) is 0 Å². The van der Waals surface area contributed by atoms with Crippen molar-refractivity contribution in [2.45, 2.75) is 37.8 Å². The molecule has 176 valence electrons. The first-order valence-corrected chi connectivity index (χ1v) is 11.8. The van der Waals surface area contributed by atoms with E-state index in [0.717, 1.165) is 61.5 Å². The van der Waals surface area contributed by atoms with Gasteiger partial charge >= 0.3 is 0 Å². The third-order valence-corrected chi connectivity index (χ3v) is 6.57. The molecule has 0 bridgehead atoms. The number of benzene rings is 1. The number of rotatable bonds is 5. The molecule has 2 fully saturated rings. The van der Waals surface area contributed by atoms with Crippen LogP contribution < -0.4 is 4.90 Å². The van der Waals surface area contributed by atoms with Crippen LogP contribution >= 0.6 is 0 Å². The molecule has 5 rings (SSSR count). The molecular formula is C26H28FN6O-. The average molecular weight is 460 g/mol. The molecular weight excluding hydrogens is 431 g/mol. The molecule has 1 unspecified atom stereocenters. The SMILES string of the molecule is [N-]=C(/C=C\c1ncc(-c2cccc(N3CCC(O)CC3)n2)[nH]1)N1CCCC1c1cccc(F)c1. The van der Waals surface area contributed by atoms with E-state index in [2.05, 4.69) is 14.9 Å². The maximum atomic E-state index is 13.7. The van der Waals surface area contributed by atoms with E-state index in [4.69, 9.17) is 4.98 Å². The molecule has 1 aromatic carbocycles. The van der Waals surface area contributed by atoms with Crippen LogP contribution in [0.1, 0.15) is 43.1 Å². The third-order valence-electron chi connectivity index (χ3n) is 6.57. The zero-order chi connectivity index (χ0) is 23.5. The van der Waals surface area contributed by atoms with Gasteiger partial charge in [0.05, 0.1) is 23.7 Å². The lowest BCUT2D eigenvalue weighted by atomic mass is 10.0. The second-order valence-electron chi connectivity index (χ2n) is 8.88. The molecule has 0 spiro atoms. The van der Waals surface area contributed by atoms with E-state index in [0.29, 0.717) is 12.4 Å². The Balaban J connectivity index is 1.27. The summed E-state index contributed by atoms with van der Waals surface area (Å²) < 4.78 is 13.7. The normalized spacial score (nSPS) is 19.3. The number of H-pyrrole nitrogens is 1. The minimum absolute atomic E-state index is 0.0460. The van der Waals surface area contributed by atoms with Crippen molar-refractivity contribution in [2.75, 3.05) is 24.5 Å². The number of nitrogens with one attached hydrogen (secondary N) is 1. The summed E-state index contributed by atoms with van der Waals surface area (Å²) in [4.78, 5) is 16.5. The highest BCUT2D eigenvalue weighted by atomic mass is 19.1. The summed E-state index contributed by atoms with van der Waals surface area (Å²) in [5.41, 5.74) is 2.44. The zero-order valence-electron chi connectivity index (χ0n) is 18.9. The second kappa shape index (κ2) is 9.77. The van der Waals surface area contributed by atoms with E-state index in [-0.39, 0.29) is 23.8 Å². The Kier molecular flexibility index (Phi) is 6.40. The summed E-state index contributed by atoms with van der Waals surface area (Å²) in [6, 6.07) is 12.4. The van der Waals surface area contributed by atoms with Crippen molar-refractivity contribution in [3.8, 4) is 11.4 Å². The summed E-state index contributed by atoms with van der Waals surface area (Å²) in [6.45, 7) is 2.29. The summed E-state index contributed by atoms with van der Waals surface area (Å²) in [5.74, 6) is 1.37. The van der Waals surface area contributed by atoms with Crippen LogP contribution in [0.5, 0.6) is 0 Å². The Morgan fingerprint density at radius 2 is 1.94 bits per heavy atom. The van der Waals surface area contributed by atoms with Gasteiger partial charge in [0.1, 0.15) is 17.5 Å². The number of amidine groups is 1. The molecule has 2 N–H and O–H groups in total. The average Bonchev–Trinajstić information content (AvgIpc) is 3.53. The van der Waals surface area contributed by atoms with Crippen LogP contribution in [0.25, 0.3) is 22.9 Å². The van der Waals surface area contributed by atoms with Gasteiger partial charge in [-0.05, 0) is 67.8 Å². The van der Waals surface area contributed by atoms with Gasteiger partial charge in [0.15, 0.2) is 0 Å². The van der Waals surface area contributed by atoms with Crippen molar-refractivity contribution in [1.29, 1.82) is 0 Å². The van der Waals surface area contributed by atoms with E-state index in [1.165, 1.54) is 12.1 Å². The smallest absolute Gasteiger partial charge is 0.130 e. The van der Waals surface area contributed by atoms with E-state index in [1.807, 2.05) is 29.2 Å². The number of imidazole rings is 1. The number of likely N-dealkylation sites (tertiary alicyclic amines) is 1. The Morgan fingerprint density at radius 3 is 2.76 bits per heavy atom. The molecule has 7 nitrogen and oxygen atoms in total. The van der Waals surface area contributed by atoms with E-state index in [1.54, 1.807) is 24.4 Å². The molecule has 2 saturated heterocycles. The Labute approximate surface area is 198 Å². The highest BCUT2D eigenvalue weighted by molar-refractivity contribution is 5.99. The number of pyridine rings is 1. The van der Waals surface area contributed by atoms with Gasteiger partial charge in [-0.1, -0.05) is 36.5 Å². The van der Waals surface area contributed by atoms with Gasteiger partial charge in [-0.3, -0.25) is 0 Å². The second-order valence-corrected chi connectivity index (χ2v) is 8.88. The van der Waals surface area contributed by atoms with Gasteiger partial charge in [0.25, 0.3) is 0 Å². The molecule has 0 saturated carbocycles. The van der Waals surface area contributed by atoms with Crippen LogP contribution in [0, 0.1) is 5.82 Å². The van der Waals surface area contributed by atoms with Crippen molar-refractivity contribution in [3.05, 3.63) is 77.4 Å². The fourth-order valence-electron chi connectivity index (χ4n) is 4.75. The van der Waals surface area contributed by atoms with Gasteiger partial charge in [-0.2, -0.15) is 0 Å². The highest BCUT2D eigenvalue weighted by Gasteiger charge is 2.21. The number of aromatic amines is 1. The number of hydrogen-bond donors (Lipinski definition) is 2. The molecule has 2 aromatic heterocycles. The van der Waals surface area contributed by atoms with Crippen LogP contribution in [-0.4, -0.2) is 56.5 Å². The van der Waals surface area contributed by atoms with Gasteiger partial charge in [0, 0.05) is 13.1 Å². The lowest BCUT2D eigenvalue weighted by molar-refractivity contribution is 0.145. The minimum atomic E-state index is -0.266. The molecule has 3 aromatic rings. The van der Waals surface area contributed by atoms with E-state index in [9.17, 15) is 14.9 Å². The predicted octanol–water partition coefficient (Wildman–Crippen LogP) is 4.39. The number of aromatic nitrogens is 3. The van der Waals surface area contributed by atoms with Crippen LogP contribution in [0.4, 0.5) is 10.2 Å². The first-order chi connectivity index (χ1) is 16.6. The van der Waals surface area contributed by atoms with Crippen LogP contribution in [-0.2, 0) is 0 Å². The maximum absolute atomic E-state index is 13.7. The van der Waals surface area contributed by atoms with Gasteiger partial charge < -0.3 is 25.3 Å². The monoisotopic (exact) mass is 459 g/mol. The fraction of sp³-hybridized carbons (Fsp3) is 0.346. The molecule has 2 aliphatic heterocycles. The molecule has 0 aliphatic carbocycles. The summed E-state index contributed by atoms with van der Waals surface area (Å²) in [7, 11) is 0. The number of aliphatic hydroxyl groups is 1. The van der Waals surface area contributed by atoms with Gasteiger partial charge in [-0.25, -0.2) is 14.4 Å². The third kappa shape index (κ3) is 4.87. The number of hydrogen-bond acceptors (Lipinski definition) is 4. The summed E-state index contributed by atoms with van der Waals surface area (Å²) in [6.07, 6.45) is 8.17. The lowest BCUT2D eigenvalue weighted by Gasteiger charge is -2.35. The summed E-state index contributed by atoms with van der Waals surface area (Å²) >= 11 is 0. The van der Waals surface area contributed by atoms with Crippen LogP contribution in [0.3, 0.4) is 0 Å². The van der Waals surface area contributed by atoms with Crippen molar-refractivity contribution in [2.24, 2.45) is 0 Å². The number of piperidine rings is 1. The Morgan fingerprint density at radius 1 is 1.12 bits per heavy atom. The number of nitrogens with zero attached hydrogens (tertiary/aromatic N) is 5. The van der Waals surface area contributed by atoms with Crippen LogP contribution in [0.2, 0.25) is 0 Å². The fourth-order valence-corrected chi connectivity index (χ4v) is 4.75. The highest BCUT2D eigenvalue weighted by Crippen LogP contribution is 2.32. The predicted molar refractivity (Wildman–Crippen MR) is 132 cm³/mol. The molecule has 2 aliphatic rings. The standard InChI is InChI=1S/C26H28FN6O/c27-19-5-1-4-18(16-19)23-7-3-13-33(23)24(28)9-10-25-29-17-22(30-25)21-6-2-8-26(31-21)32-14-11-20(34)12-15-32/h1-2,4-6,8-10,16-17,20,23,34H,3,7,11-15H2,(H,29,30)/q-1/b10-9-. The number of halogens is 1. The molecule has 8 heteroatoms. The van der Waals surface area contributed by atoms with Crippen molar-refractivity contribution >= 4 is 17.7 Å². The molecule has 1 atom stereocenters. The first-order valence-electron chi connectivity index (χ1n) is 11.8. The molecule has 34 heavy (non-hydrogen) atoms. The Hall–Kier alpha value is -3.52. The van der Waals surface area contributed by atoms with E-state index < -0.39 is 0 Å². The summed E-state index contributed by atoms with van der Waals surface area (Å²) in [5, 5.41) is 20.5. The molecule has 0 radical (unpaired) electrons. The zero-order valence-corrected chi connectivity index (χ0v) is 18.9.